The smallest absolute Gasteiger partial charge is 0.0777 e. The van der Waals surface area contributed by atoms with Gasteiger partial charge in [-0.2, -0.15) is 5.26 Å². The van der Waals surface area contributed by atoms with E-state index in [1.165, 1.54) is 19.3 Å². The molecule has 80 valence electrons. The molecule has 1 N–H and O–H groups in total. The van der Waals surface area contributed by atoms with Crippen molar-refractivity contribution in [1.29, 1.82) is 5.26 Å². The van der Waals surface area contributed by atoms with Gasteiger partial charge >= 0.3 is 0 Å². The first-order valence-corrected chi connectivity index (χ1v) is 5.79. The Hall–Kier alpha value is -0.550. The van der Waals surface area contributed by atoms with Gasteiger partial charge in [-0.3, -0.25) is 0 Å². The van der Waals surface area contributed by atoms with Gasteiger partial charge in [0.1, 0.15) is 0 Å². The summed E-state index contributed by atoms with van der Waals surface area (Å²) in [6.45, 7) is 2.21. The molecular formula is C12H21NO. The third-order valence-electron chi connectivity index (χ3n) is 3.38. The minimum Gasteiger partial charge on any atom is -0.389 e. The Morgan fingerprint density at radius 2 is 2.21 bits per heavy atom. The maximum absolute atomic E-state index is 10.1. The molecule has 0 bridgehead atoms. The van der Waals surface area contributed by atoms with Crippen molar-refractivity contribution in [3.8, 4) is 6.07 Å². The normalized spacial score (nSPS) is 33.4. The number of hydrogen-bond donors (Lipinski definition) is 1. The molecule has 2 unspecified atom stereocenters. The molecule has 14 heavy (non-hydrogen) atoms. The summed E-state index contributed by atoms with van der Waals surface area (Å²) in [6, 6.07) is 2.10. The zero-order valence-electron chi connectivity index (χ0n) is 9.13. The number of aliphatic hydroxyl groups is 1. The first kappa shape index (κ1) is 11.5. The first-order valence-electron chi connectivity index (χ1n) is 5.79. The fraction of sp³-hybridized carbons (Fsp3) is 0.917. The van der Waals surface area contributed by atoms with Gasteiger partial charge in [0.25, 0.3) is 0 Å². The highest BCUT2D eigenvalue weighted by Gasteiger charge is 2.30. The van der Waals surface area contributed by atoms with Crippen molar-refractivity contribution in [2.24, 2.45) is 5.92 Å². The molecule has 0 radical (unpaired) electrons. The van der Waals surface area contributed by atoms with Crippen LogP contribution in [0, 0.1) is 17.2 Å². The second-order valence-electron chi connectivity index (χ2n) is 4.64. The average Bonchev–Trinajstić information content (AvgIpc) is 2.30. The van der Waals surface area contributed by atoms with E-state index in [2.05, 4.69) is 13.0 Å². The molecule has 0 aromatic carbocycles. The molecule has 0 aromatic heterocycles. The van der Waals surface area contributed by atoms with Crippen molar-refractivity contribution in [1.82, 2.24) is 0 Å². The van der Waals surface area contributed by atoms with E-state index in [1.54, 1.807) is 0 Å². The Balaban J connectivity index is 2.44. The molecule has 2 heteroatoms. The third kappa shape index (κ3) is 3.31. The number of nitriles is 1. The summed E-state index contributed by atoms with van der Waals surface area (Å²) < 4.78 is 0. The number of hydrogen-bond acceptors (Lipinski definition) is 2. The molecular weight excluding hydrogens is 174 g/mol. The van der Waals surface area contributed by atoms with Crippen LogP contribution < -0.4 is 0 Å². The lowest BCUT2D eigenvalue weighted by atomic mass is 9.90. The van der Waals surface area contributed by atoms with Crippen LogP contribution in [0.3, 0.4) is 0 Å². The lowest BCUT2D eigenvalue weighted by molar-refractivity contribution is 0.0284. The summed E-state index contributed by atoms with van der Waals surface area (Å²) in [5.41, 5.74) is -0.669. The van der Waals surface area contributed by atoms with Crippen LogP contribution in [0.15, 0.2) is 0 Å². The van der Waals surface area contributed by atoms with E-state index in [0.717, 1.165) is 31.6 Å². The van der Waals surface area contributed by atoms with Crippen LogP contribution in [0.4, 0.5) is 0 Å². The predicted molar refractivity (Wildman–Crippen MR) is 56.7 cm³/mol. The highest BCUT2D eigenvalue weighted by Crippen LogP contribution is 2.34. The van der Waals surface area contributed by atoms with Crippen molar-refractivity contribution in [3.05, 3.63) is 0 Å². The van der Waals surface area contributed by atoms with E-state index >= 15 is 0 Å². The van der Waals surface area contributed by atoms with Crippen LogP contribution in [0.2, 0.25) is 0 Å². The molecule has 0 saturated heterocycles. The summed E-state index contributed by atoms with van der Waals surface area (Å²) in [5.74, 6) is 0.785. The van der Waals surface area contributed by atoms with Gasteiger partial charge in [0.05, 0.1) is 18.1 Å². The van der Waals surface area contributed by atoms with Gasteiger partial charge in [-0.1, -0.05) is 32.6 Å². The van der Waals surface area contributed by atoms with Crippen molar-refractivity contribution in [3.63, 3.8) is 0 Å². The minimum atomic E-state index is -0.669. The SMILES string of the molecule is CCCC1CCCC(O)(CC#N)CC1. The Bertz CT molecular complexity index is 209. The molecule has 1 aliphatic rings. The molecule has 2 nitrogen and oxygen atoms in total. The largest absolute Gasteiger partial charge is 0.389 e. The lowest BCUT2D eigenvalue weighted by Gasteiger charge is -2.23. The van der Waals surface area contributed by atoms with E-state index in [4.69, 9.17) is 5.26 Å². The van der Waals surface area contributed by atoms with E-state index in [-0.39, 0.29) is 0 Å². The molecule has 0 amide bonds. The first-order chi connectivity index (χ1) is 6.70. The second kappa shape index (κ2) is 5.36. The van der Waals surface area contributed by atoms with Gasteiger partial charge in [0.2, 0.25) is 0 Å². The summed E-state index contributed by atoms with van der Waals surface area (Å²) in [6.07, 6.45) is 7.90. The van der Waals surface area contributed by atoms with Crippen LogP contribution in [0.1, 0.15) is 58.3 Å². The second-order valence-corrected chi connectivity index (χ2v) is 4.64. The van der Waals surface area contributed by atoms with E-state index in [0.29, 0.717) is 6.42 Å². The Morgan fingerprint density at radius 3 is 2.86 bits per heavy atom. The van der Waals surface area contributed by atoms with E-state index in [9.17, 15) is 5.11 Å². The maximum atomic E-state index is 10.1. The Kier molecular flexibility index (Phi) is 4.41. The van der Waals surface area contributed by atoms with Crippen molar-refractivity contribution in [2.45, 2.75) is 63.9 Å². The molecule has 0 heterocycles. The summed E-state index contributed by atoms with van der Waals surface area (Å²) in [5, 5.41) is 18.7. The maximum Gasteiger partial charge on any atom is 0.0777 e. The topological polar surface area (TPSA) is 44.0 Å². The van der Waals surface area contributed by atoms with Gasteiger partial charge in [-0.05, 0) is 25.2 Å². The van der Waals surface area contributed by atoms with Crippen molar-refractivity contribution < 1.29 is 5.11 Å². The van der Waals surface area contributed by atoms with Crippen LogP contribution in [0.5, 0.6) is 0 Å². The van der Waals surface area contributed by atoms with Crippen molar-refractivity contribution >= 4 is 0 Å². The Morgan fingerprint density at radius 1 is 1.43 bits per heavy atom. The summed E-state index contributed by atoms with van der Waals surface area (Å²) in [7, 11) is 0. The molecule has 1 aliphatic carbocycles. The zero-order valence-corrected chi connectivity index (χ0v) is 9.13. The standard InChI is InChI=1S/C12H21NO/c1-2-4-11-5-3-7-12(14,8-6-11)9-10-13/h11,14H,2-9H2,1H3. The Labute approximate surface area is 86.9 Å². The highest BCUT2D eigenvalue weighted by atomic mass is 16.3. The van der Waals surface area contributed by atoms with Gasteiger partial charge < -0.3 is 5.11 Å². The van der Waals surface area contributed by atoms with Crippen LogP contribution in [0.25, 0.3) is 0 Å². The molecule has 1 rings (SSSR count). The third-order valence-corrected chi connectivity index (χ3v) is 3.38. The predicted octanol–water partition coefficient (Wildman–Crippen LogP) is 3.01. The minimum absolute atomic E-state index is 0.311. The van der Waals surface area contributed by atoms with Crippen LogP contribution in [-0.4, -0.2) is 10.7 Å². The van der Waals surface area contributed by atoms with Crippen molar-refractivity contribution in [2.75, 3.05) is 0 Å². The van der Waals surface area contributed by atoms with Gasteiger partial charge in [-0.15, -0.1) is 0 Å². The molecule has 0 aliphatic heterocycles. The molecule has 1 fully saturated rings. The zero-order chi connectivity index (χ0) is 10.4. The lowest BCUT2D eigenvalue weighted by Crippen LogP contribution is -2.26. The molecule has 1 saturated carbocycles. The summed E-state index contributed by atoms with van der Waals surface area (Å²) in [4.78, 5) is 0. The molecule has 0 spiro atoms. The van der Waals surface area contributed by atoms with Crippen LogP contribution in [-0.2, 0) is 0 Å². The van der Waals surface area contributed by atoms with Gasteiger partial charge in [0.15, 0.2) is 0 Å². The quantitative estimate of drug-likeness (QED) is 0.703. The molecule has 2 atom stereocenters. The number of nitrogens with zero attached hydrogens (tertiary/aromatic N) is 1. The monoisotopic (exact) mass is 195 g/mol. The average molecular weight is 195 g/mol. The molecule has 0 aromatic rings. The highest BCUT2D eigenvalue weighted by molar-refractivity contribution is 4.91. The van der Waals surface area contributed by atoms with Gasteiger partial charge in [0, 0.05) is 0 Å². The fourth-order valence-corrected chi connectivity index (χ4v) is 2.48. The van der Waals surface area contributed by atoms with Crippen LogP contribution >= 0.6 is 0 Å². The summed E-state index contributed by atoms with van der Waals surface area (Å²) >= 11 is 0. The number of rotatable bonds is 3. The van der Waals surface area contributed by atoms with E-state index in [1.807, 2.05) is 0 Å². The fourth-order valence-electron chi connectivity index (χ4n) is 2.48. The van der Waals surface area contributed by atoms with Gasteiger partial charge in [-0.25, -0.2) is 0 Å². The van der Waals surface area contributed by atoms with E-state index < -0.39 is 5.60 Å².